The van der Waals surface area contributed by atoms with Gasteiger partial charge in [0.2, 0.25) is 5.95 Å². The van der Waals surface area contributed by atoms with Crippen LogP contribution in [0, 0.1) is 24.7 Å². The van der Waals surface area contributed by atoms with Crippen LogP contribution in [0.3, 0.4) is 0 Å². The van der Waals surface area contributed by atoms with E-state index in [4.69, 9.17) is 20.4 Å². The standard InChI is InChI=1S/C33H34FN7O2/c1-17-22(10-11-36-30(17)34)23-8-6-19-13-26(40(31(19)37-23)15-18-4-5-18)32-38-24-12-21(14-27(43-3)29(24)39(32)2)33(42)41-16-20-7-9-25(41)28(20)35/h6,8,10-14,18,20,25,28H,4-5,7,9,15-16,35H2,1-3H3/t20?,25?,28-/m1/s1. The number of aryl methyl sites for hydroxylation is 1. The summed E-state index contributed by atoms with van der Waals surface area (Å²) >= 11 is 0. The Morgan fingerprint density at radius 2 is 1.95 bits per heavy atom. The van der Waals surface area contributed by atoms with Gasteiger partial charge in [-0.25, -0.2) is 15.0 Å². The lowest BCUT2D eigenvalue weighted by atomic mass is 10.1. The molecule has 10 heteroatoms. The molecule has 0 spiro atoms. The summed E-state index contributed by atoms with van der Waals surface area (Å²) in [6.07, 6.45) is 5.88. The summed E-state index contributed by atoms with van der Waals surface area (Å²) in [5.74, 6) is 1.83. The number of amides is 1. The van der Waals surface area contributed by atoms with Crippen molar-refractivity contribution in [3.8, 4) is 28.5 Å². The number of hydrogen-bond donors (Lipinski definition) is 1. The molecule has 220 valence electrons. The quantitative estimate of drug-likeness (QED) is 0.282. The molecule has 1 saturated heterocycles. The van der Waals surface area contributed by atoms with E-state index in [2.05, 4.69) is 15.6 Å². The summed E-state index contributed by atoms with van der Waals surface area (Å²) in [6.45, 7) is 3.26. The molecule has 4 aromatic heterocycles. The van der Waals surface area contributed by atoms with Crippen LogP contribution in [-0.4, -0.2) is 60.6 Å². The highest BCUT2D eigenvalue weighted by molar-refractivity contribution is 6.00. The van der Waals surface area contributed by atoms with E-state index in [1.165, 1.54) is 19.0 Å². The number of imidazole rings is 1. The second kappa shape index (κ2) is 9.60. The number of nitrogens with zero attached hydrogens (tertiary/aromatic N) is 6. The van der Waals surface area contributed by atoms with Crippen LogP contribution < -0.4 is 10.5 Å². The summed E-state index contributed by atoms with van der Waals surface area (Å²) in [4.78, 5) is 29.6. The van der Waals surface area contributed by atoms with E-state index in [1.807, 2.05) is 40.8 Å². The average Bonchev–Trinajstić information content (AvgIpc) is 3.42. The van der Waals surface area contributed by atoms with E-state index >= 15 is 0 Å². The van der Waals surface area contributed by atoms with E-state index in [1.54, 1.807) is 20.1 Å². The summed E-state index contributed by atoms with van der Waals surface area (Å²) in [5, 5.41) is 0.988. The zero-order valence-corrected chi connectivity index (χ0v) is 24.5. The van der Waals surface area contributed by atoms with Gasteiger partial charge in [-0.2, -0.15) is 4.39 Å². The third-order valence-electron chi connectivity index (χ3n) is 9.84. The van der Waals surface area contributed by atoms with Crippen LogP contribution in [-0.2, 0) is 13.6 Å². The molecule has 3 aliphatic rings. The molecular weight excluding hydrogens is 545 g/mol. The van der Waals surface area contributed by atoms with Crippen LogP contribution in [0.1, 0.15) is 41.6 Å². The van der Waals surface area contributed by atoms with Gasteiger partial charge < -0.3 is 24.5 Å². The Balaban J connectivity index is 1.25. The molecule has 3 fully saturated rings. The van der Waals surface area contributed by atoms with Crippen molar-refractivity contribution in [3.63, 3.8) is 0 Å². The molecule has 2 aliphatic carbocycles. The molecule has 1 aliphatic heterocycles. The number of benzene rings is 1. The molecule has 2 N–H and O–H groups in total. The Kier molecular flexibility index (Phi) is 5.88. The predicted molar refractivity (Wildman–Crippen MR) is 162 cm³/mol. The van der Waals surface area contributed by atoms with Crippen LogP contribution in [0.15, 0.2) is 42.6 Å². The number of rotatable bonds is 6. The van der Waals surface area contributed by atoms with Crippen LogP contribution in [0.2, 0.25) is 0 Å². The van der Waals surface area contributed by atoms with Crippen molar-refractivity contribution in [2.45, 2.75) is 51.2 Å². The number of likely N-dealkylation sites (tertiary alicyclic amines) is 1. The summed E-state index contributed by atoms with van der Waals surface area (Å²) in [5.41, 5.74) is 12.2. The molecule has 2 saturated carbocycles. The molecule has 1 amide bonds. The van der Waals surface area contributed by atoms with Gasteiger partial charge in [0.1, 0.15) is 16.9 Å². The predicted octanol–water partition coefficient (Wildman–Crippen LogP) is 5.08. The number of carbonyl (C=O) groups is 1. The van der Waals surface area contributed by atoms with Crippen LogP contribution in [0.4, 0.5) is 4.39 Å². The Hall–Kier alpha value is -4.31. The average molecular weight is 580 g/mol. The van der Waals surface area contributed by atoms with Gasteiger partial charge in [-0.3, -0.25) is 4.79 Å². The molecule has 0 radical (unpaired) electrons. The molecule has 5 aromatic rings. The highest BCUT2D eigenvalue weighted by Gasteiger charge is 2.47. The monoisotopic (exact) mass is 579 g/mol. The first-order chi connectivity index (χ1) is 20.8. The number of methoxy groups -OCH3 is 1. The van der Waals surface area contributed by atoms with E-state index < -0.39 is 5.95 Å². The lowest BCUT2D eigenvalue weighted by Crippen LogP contribution is -2.41. The van der Waals surface area contributed by atoms with Crippen molar-refractivity contribution in [1.29, 1.82) is 0 Å². The highest BCUT2D eigenvalue weighted by Crippen LogP contribution is 2.40. The van der Waals surface area contributed by atoms with Gasteiger partial charge in [0.05, 0.1) is 24.0 Å². The van der Waals surface area contributed by atoms with Gasteiger partial charge in [-0.05, 0) is 80.8 Å². The molecule has 9 nitrogen and oxygen atoms in total. The number of fused-ring (bicyclic) bond motifs is 4. The fraction of sp³-hybridized carbons (Fsp3) is 0.394. The molecule has 8 rings (SSSR count). The van der Waals surface area contributed by atoms with Crippen LogP contribution in [0.5, 0.6) is 5.75 Å². The molecule has 2 unspecified atom stereocenters. The third kappa shape index (κ3) is 4.06. The number of nitrogens with two attached hydrogens (primary N) is 1. The Labute approximate surface area is 248 Å². The summed E-state index contributed by atoms with van der Waals surface area (Å²) in [6, 6.07) is 11.8. The minimum atomic E-state index is -0.486. The third-order valence-corrected chi connectivity index (χ3v) is 9.84. The molecular formula is C33H34FN7O2. The van der Waals surface area contributed by atoms with Crippen molar-refractivity contribution in [2.24, 2.45) is 24.6 Å². The van der Waals surface area contributed by atoms with E-state index in [0.29, 0.717) is 46.5 Å². The van der Waals surface area contributed by atoms with Crippen molar-refractivity contribution in [2.75, 3.05) is 13.7 Å². The maximum Gasteiger partial charge on any atom is 0.254 e. The van der Waals surface area contributed by atoms with Crippen molar-refractivity contribution in [1.82, 2.24) is 29.0 Å². The molecule has 1 aromatic carbocycles. The maximum absolute atomic E-state index is 14.3. The highest BCUT2D eigenvalue weighted by atomic mass is 19.1. The molecule has 2 bridgehead atoms. The number of ether oxygens (including phenoxy) is 1. The number of pyridine rings is 2. The van der Waals surface area contributed by atoms with Gasteiger partial charge in [-0.1, -0.05) is 0 Å². The first kappa shape index (κ1) is 26.3. The number of carbonyl (C=O) groups excluding carboxylic acids is 1. The Morgan fingerprint density at radius 1 is 1.12 bits per heavy atom. The SMILES string of the molecule is COc1cc(C(=O)N2CC3CCC2[C@@H]3N)cc2nc(-c3cc4ccc(-c5ccnc(F)c5C)nc4n3CC3CC3)n(C)c12. The Bertz CT molecular complexity index is 1940. The van der Waals surface area contributed by atoms with Crippen molar-refractivity contribution < 1.29 is 13.9 Å². The normalized spacial score (nSPS) is 21.4. The van der Waals surface area contributed by atoms with Crippen molar-refractivity contribution in [3.05, 3.63) is 59.7 Å². The zero-order chi connectivity index (χ0) is 29.6. The number of aromatic nitrogens is 5. The van der Waals surface area contributed by atoms with Crippen molar-refractivity contribution >= 4 is 28.0 Å². The second-order valence-electron chi connectivity index (χ2n) is 12.4. The van der Waals surface area contributed by atoms with Gasteiger partial charge in [-0.15, -0.1) is 0 Å². The molecule has 5 heterocycles. The first-order valence-corrected chi connectivity index (χ1v) is 15.1. The van der Waals surface area contributed by atoms with E-state index in [9.17, 15) is 9.18 Å². The second-order valence-corrected chi connectivity index (χ2v) is 12.4. The Morgan fingerprint density at radius 3 is 2.67 bits per heavy atom. The largest absolute Gasteiger partial charge is 0.494 e. The number of halogens is 1. The lowest BCUT2D eigenvalue weighted by Gasteiger charge is -2.27. The molecule has 43 heavy (non-hydrogen) atoms. The van der Waals surface area contributed by atoms with Gasteiger partial charge in [0.15, 0.2) is 5.82 Å². The summed E-state index contributed by atoms with van der Waals surface area (Å²) in [7, 11) is 3.61. The van der Waals surface area contributed by atoms with Crippen LogP contribution in [0.25, 0.3) is 44.8 Å². The van der Waals surface area contributed by atoms with E-state index in [0.717, 1.165) is 53.0 Å². The zero-order valence-electron chi connectivity index (χ0n) is 24.5. The maximum atomic E-state index is 14.3. The van der Waals surface area contributed by atoms with Gasteiger partial charge in [0, 0.05) is 60.5 Å². The van der Waals surface area contributed by atoms with Crippen LogP contribution >= 0.6 is 0 Å². The summed E-state index contributed by atoms with van der Waals surface area (Å²) < 4.78 is 24.4. The fourth-order valence-electron chi connectivity index (χ4n) is 7.26. The molecule has 3 atom stereocenters. The fourth-order valence-corrected chi connectivity index (χ4v) is 7.26. The smallest absolute Gasteiger partial charge is 0.254 e. The minimum absolute atomic E-state index is 0.0162. The number of hydrogen-bond acceptors (Lipinski definition) is 6. The minimum Gasteiger partial charge on any atom is -0.494 e. The first-order valence-electron chi connectivity index (χ1n) is 15.1. The topological polar surface area (TPSA) is 104 Å². The number of piperidine rings is 1. The lowest BCUT2D eigenvalue weighted by molar-refractivity contribution is 0.0700. The van der Waals surface area contributed by atoms with Gasteiger partial charge in [0.25, 0.3) is 5.91 Å². The van der Waals surface area contributed by atoms with Gasteiger partial charge >= 0.3 is 0 Å². The van der Waals surface area contributed by atoms with E-state index in [-0.39, 0.29) is 18.0 Å².